The van der Waals surface area contributed by atoms with E-state index in [9.17, 15) is 4.79 Å². The molecule has 0 aliphatic rings. The number of para-hydroxylation sites is 1. The predicted octanol–water partition coefficient (Wildman–Crippen LogP) is 3.26. The summed E-state index contributed by atoms with van der Waals surface area (Å²) in [7, 11) is 0. The molecule has 0 bridgehead atoms. The Balaban J connectivity index is 1.89. The lowest BCUT2D eigenvalue weighted by atomic mass is 10.1. The van der Waals surface area contributed by atoms with Crippen molar-refractivity contribution in [2.75, 3.05) is 0 Å². The topological polar surface area (TPSA) is 78.5 Å². The summed E-state index contributed by atoms with van der Waals surface area (Å²) >= 11 is 12.1. The van der Waals surface area contributed by atoms with Crippen LogP contribution >= 0.6 is 23.2 Å². The molecule has 0 N–H and O–H groups in total. The predicted molar refractivity (Wildman–Crippen MR) is 92.8 cm³/mol. The lowest BCUT2D eigenvalue weighted by Crippen LogP contribution is -2.28. The molecule has 4 rings (SSSR count). The summed E-state index contributed by atoms with van der Waals surface area (Å²) in [5.74, 6) is -0.303. The number of hydrogen-bond acceptors (Lipinski definition) is 5. The molecule has 0 spiro atoms. The highest BCUT2D eigenvalue weighted by atomic mass is 35.5. The van der Waals surface area contributed by atoms with Crippen LogP contribution in [0.4, 0.5) is 0 Å². The van der Waals surface area contributed by atoms with Crippen molar-refractivity contribution >= 4 is 40.0 Å². The van der Waals surface area contributed by atoms with Crippen LogP contribution in [0.5, 0.6) is 0 Å². The molecule has 0 saturated carbocycles. The van der Waals surface area contributed by atoms with Crippen LogP contribution in [-0.2, 0) is 0 Å². The Kier molecular flexibility index (Phi) is 3.95. The van der Waals surface area contributed by atoms with Crippen LogP contribution in [0.1, 0.15) is 16.5 Å². The molecule has 0 unspecified atom stereocenters. The third-order valence-electron chi connectivity index (χ3n) is 3.73. The summed E-state index contributed by atoms with van der Waals surface area (Å²) in [5, 5.41) is 13.0. The van der Waals surface area contributed by atoms with Gasteiger partial charge in [0.2, 0.25) is 11.9 Å². The zero-order chi connectivity index (χ0) is 17.4. The molecule has 0 radical (unpaired) electrons. The average Bonchev–Trinajstić information content (AvgIpc) is 3.26. The van der Waals surface area contributed by atoms with E-state index in [0.29, 0.717) is 21.6 Å². The highest BCUT2D eigenvalue weighted by Crippen LogP contribution is 2.26. The number of benzene rings is 2. The zero-order valence-electron chi connectivity index (χ0n) is 12.6. The van der Waals surface area contributed by atoms with Gasteiger partial charge in [0.25, 0.3) is 0 Å². The first kappa shape index (κ1) is 15.7. The first-order valence-corrected chi connectivity index (χ1v) is 8.04. The number of ketones is 1. The van der Waals surface area contributed by atoms with Crippen molar-refractivity contribution in [3.05, 3.63) is 70.7 Å². The monoisotopic (exact) mass is 372 g/mol. The lowest BCUT2D eigenvalue weighted by Gasteiger charge is -2.17. The van der Waals surface area contributed by atoms with Gasteiger partial charge in [0, 0.05) is 10.6 Å². The van der Waals surface area contributed by atoms with Crippen molar-refractivity contribution in [3.63, 3.8) is 0 Å². The summed E-state index contributed by atoms with van der Waals surface area (Å²) in [5.41, 5.74) is 1.68. The minimum absolute atomic E-state index is 0.257. The number of carbonyl (C=O) groups is 1. The van der Waals surface area contributed by atoms with E-state index in [4.69, 9.17) is 23.2 Å². The SMILES string of the molecule is O=C(c1ccc(Cl)cc1Cl)[C@@H](n1cncn1)n1nnc2ccccc21. The van der Waals surface area contributed by atoms with Crippen LogP contribution in [0, 0.1) is 0 Å². The van der Waals surface area contributed by atoms with E-state index in [1.165, 1.54) is 28.1 Å². The van der Waals surface area contributed by atoms with Crippen molar-refractivity contribution in [3.8, 4) is 0 Å². The van der Waals surface area contributed by atoms with E-state index in [0.717, 1.165) is 0 Å². The molecule has 124 valence electrons. The van der Waals surface area contributed by atoms with E-state index in [1.807, 2.05) is 24.3 Å². The van der Waals surface area contributed by atoms with E-state index in [-0.39, 0.29) is 10.8 Å². The van der Waals surface area contributed by atoms with Crippen molar-refractivity contribution in [2.24, 2.45) is 0 Å². The fraction of sp³-hybridized carbons (Fsp3) is 0.0625. The van der Waals surface area contributed by atoms with Crippen molar-refractivity contribution in [2.45, 2.75) is 6.17 Å². The Morgan fingerprint density at radius 1 is 1.12 bits per heavy atom. The van der Waals surface area contributed by atoms with E-state index in [1.54, 1.807) is 12.1 Å². The second-order valence-corrected chi connectivity index (χ2v) is 6.10. The van der Waals surface area contributed by atoms with Gasteiger partial charge in [-0.05, 0) is 30.3 Å². The second-order valence-electron chi connectivity index (χ2n) is 5.26. The molecule has 0 saturated heterocycles. The smallest absolute Gasteiger partial charge is 0.211 e. The Morgan fingerprint density at radius 3 is 2.72 bits per heavy atom. The van der Waals surface area contributed by atoms with Crippen LogP contribution in [0.15, 0.2) is 55.1 Å². The minimum Gasteiger partial charge on any atom is -0.289 e. The van der Waals surface area contributed by atoms with Gasteiger partial charge in [0.15, 0.2) is 0 Å². The average molecular weight is 373 g/mol. The summed E-state index contributed by atoms with van der Waals surface area (Å²) in [6, 6.07) is 12.1. The fourth-order valence-electron chi connectivity index (χ4n) is 2.58. The van der Waals surface area contributed by atoms with E-state index < -0.39 is 6.17 Å². The Morgan fingerprint density at radius 2 is 1.96 bits per heavy atom. The summed E-state index contributed by atoms with van der Waals surface area (Å²) in [4.78, 5) is 17.1. The second kappa shape index (κ2) is 6.27. The van der Waals surface area contributed by atoms with Gasteiger partial charge < -0.3 is 0 Å². The van der Waals surface area contributed by atoms with E-state index >= 15 is 0 Å². The fourth-order valence-corrected chi connectivity index (χ4v) is 3.08. The van der Waals surface area contributed by atoms with Crippen LogP contribution < -0.4 is 0 Å². The van der Waals surface area contributed by atoms with Crippen LogP contribution in [0.25, 0.3) is 11.0 Å². The maximum absolute atomic E-state index is 13.2. The summed E-state index contributed by atoms with van der Waals surface area (Å²) in [6.07, 6.45) is 1.89. The van der Waals surface area contributed by atoms with Crippen molar-refractivity contribution in [1.29, 1.82) is 0 Å². The molecule has 0 aliphatic carbocycles. The van der Waals surface area contributed by atoms with Gasteiger partial charge in [0.05, 0.1) is 10.5 Å². The van der Waals surface area contributed by atoms with Crippen LogP contribution in [-0.4, -0.2) is 35.5 Å². The zero-order valence-corrected chi connectivity index (χ0v) is 14.1. The maximum Gasteiger partial charge on any atom is 0.211 e. The van der Waals surface area contributed by atoms with Gasteiger partial charge in [-0.2, -0.15) is 5.10 Å². The Labute approximate surface area is 151 Å². The van der Waals surface area contributed by atoms with Crippen molar-refractivity contribution < 1.29 is 4.79 Å². The number of fused-ring (bicyclic) bond motifs is 1. The first-order chi connectivity index (χ1) is 12.1. The molecule has 2 heterocycles. The lowest BCUT2D eigenvalue weighted by molar-refractivity contribution is 0.0888. The molecule has 9 heteroatoms. The van der Waals surface area contributed by atoms with Crippen LogP contribution in [0.2, 0.25) is 10.0 Å². The molecule has 0 aliphatic heterocycles. The molecule has 7 nitrogen and oxygen atoms in total. The molecule has 0 amide bonds. The van der Waals surface area contributed by atoms with Gasteiger partial charge >= 0.3 is 0 Å². The Hall–Kier alpha value is -2.77. The molecule has 25 heavy (non-hydrogen) atoms. The number of Topliss-reactive ketones (excluding diaryl/α,β-unsaturated/α-hetero) is 1. The molecule has 0 fully saturated rings. The molecule has 2 aromatic carbocycles. The minimum atomic E-state index is -0.909. The highest BCUT2D eigenvalue weighted by Gasteiger charge is 2.28. The summed E-state index contributed by atoms with van der Waals surface area (Å²) in [6.45, 7) is 0. The first-order valence-electron chi connectivity index (χ1n) is 7.28. The number of nitrogens with zero attached hydrogens (tertiary/aromatic N) is 6. The molecular formula is C16H10Cl2N6O. The van der Waals surface area contributed by atoms with E-state index in [2.05, 4.69) is 20.4 Å². The maximum atomic E-state index is 13.2. The van der Waals surface area contributed by atoms with Crippen LogP contribution in [0.3, 0.4) is 0 Å². The van der Waals surface area contributed by atoms with Gasteiger partial charge in [-0.3, -0.25) is 4.79 Å². The number of hydrogen-bond donors (Lipinski definition) is 0. The largest absolute Gasteiger partial charge is 0.289 e. The standard InChI is InChI=1S/C16H10Cl2N6O/c17-10-5-6-11(12(18)7-10)15(25)16(23-9-19-8-20-23)24-14-4-2-1-3-13(14)21-22-24/h1-9,16H/t16-/m0/s1. The quantitative estimate of drug-likeness (QED) is 0.513. The van der Waals surface area contributed by atoms with Crippen molar-refractivity contribution in [1.82, 2.24) is 29.8 Å². The normalized spacial score (nSPS) is 12.4. The van der Waals surface area contributed by atoms with Gasteiger partial charge in [-0.15, -0.1) is 5.10 Å². The van der Waals surface area contributed by atoms with Gasteiger partial charge in [-0.25, -0.2) is 14.3 Å². The number of aromatic nitrogens is 6. The number of halogens is 2. The highest BCUT2D eigenvalue weighted by molar-refractivity contribution is 6.37. The number of rotatable bonds is 4. The molecule has 2 aromatic heterocycles. The van der Waals surface area contributed by atoms with Gasteiger partial charge in [0.1, 0.15) is 18.2 Å². The molecule has 1 atom stereocenters. The third kappa shape index (κ3) is 2.77. The Bertz CT molecular complexity index is 1060. The molecule has 4 aromatic rings. The van der Waals surface area contributed by atoms with Gasteiger partial charge in [-0.1, -0.05) is 40.5 Å². The number of carbonyl (C=O) groups excluding carboxylic acids is 1. The molecular weight excluding hydrogens is 363 g/mol. The third-order valence-corrected chi connectivity index (χ3v) is 4.28. The summed E-state index contributed by atoms with van der Waals surface area (Å²) < 4.78 is 2.91.